The van der Waals surface area contributed by atoms with Crippen LogP contribution in [0.4, 0.5) is 76.2 Å². The summed E-state index contributed by atoms with van der Waals surface area (Å²) in [5.74, 6) is 1.77. The molecule has 10 N–H and O–H groups in total. The van der Waals surface area contributed by atoms with Gasteiger partial charge in [0.25, 0.3) is 11.4 Å². The monoisotopic (exact) mass is 1470 g/mol. The molecular weight excluding hydrogens is 1370 g/mol. The second-order valence-electron chi connectivity index (χ2n) is 28.0. The first-order valence-electron chi connectivity index (χ1n) is 34.7. The van der Waals surface area contributed by atoms with Crippen LogP contribution in [0.2, 0.25) is 0 Å². The number of non-ortho nitro benzene ring substituents is 2. The molecule has 3 amide bonds. The van der Waals surface area contributed by atoms with E-state index < -0.39 is 38.6 Å². The van der Waals surface area contributed by atoms with Gasteiger partial charge < -0.3 is 81.2 Å². The molecule has 106 heavy (non-hydrogen) atoms. The number of rotatable bonds is 14. The molecule has 4 aliphatic rings. The molecule has 0 aliphatic carbocycles. The fourth-order valence-electron chi connectivity index (χ4n) is 11.0. The van der Waals surface area contributed by atoms with E-state index in [1.165, 1.54) is 17.0 Å². The third kappa shape index (κ3) is 26.5. The summed E-state index contributed by atoms with van der Waals surface area (Å²) >= 11 is 0. The summed E-state index contributed by atoms with van der Waals surface area (Å²) in [5.41, 5.74) is 10.2. The fraction of sp³-hybridized carbons (Fsp3) is 0.452. The molecule has 4 fully saturated rings. The van der Waals surface area contributed by atoms with Crippen molar-refractivity contribution in [3.8, 4) is 11.5 Å². The van der Waals surface area contributed by atoms with E-state index in [2.05, 4.69) is 68.1 Å². The summed E-state index contributed by atoms with van der Waals surface area (Å²) in [6.45, 7) is 25.9. The Labute approximate surface area is 616 Å². The number of piperazine rings is 4. The van der Waals surface area contributed by atoms with Crippen LogP contribution in [0.15, 0.2) is 140 Å². The van der Waals surface area contributed by atoms with Crippen LogP contribution in [0.1, 0.15) is 68.0 Å². The van der Waals surface area contributed by atoms with Gasteiger partial charge >= 0.3 is 18.3 Å². The van der Waals surface area contributed by atoms with Crippen LogP contribution < -0.4 is 41.7 Å². The van der Waals surface area contributed by atoms with Gasteiger partial charge in [0.2, 0.25) is 5.95 Å². The normalized spacial score (nSPS) is 17.4. The van der Waals surface area contributed by atoms with Gasteiger partial charge in [0.1, 0.15) is 40.0 Å². The lowest BCUT2D eigenvalue weighted by atomic mass is 10.1. The molecule has 0 spiro atoms. The quantitative estimate of drug-likeness (QED) is 0.0213. The third-order valence-electron chi connectivity index (χ3n) is 16.2. The zero-order valence-corrected chi connectivity index (χ0v) is 61.5. The van der Waals surface area contributed by atoms with E-state index in [9.17, 15) is 54.3 Å². The van der Waals surface area contributed by atoms with E-state index >= 15 is 0 Å². The molecule has 4 saturated heterocycles. The number of ether oxygens (including phenoxy) is 3. The van der Waals surface area contributed by atoms with Crippen molar-refractivity contribution < 1.29 is 63.3 Å². The minimum atomic E-state index is -0.591. The average molecular weight is 1470 g/mol. The second-order valence-corrected chi connectivity index (χ2v) is 28.0. The number of nitrogens with zero attached hydrogens (tertiary/aromatic N) is 13. The number of nitrogen functional groups attached to an aromatic ring is 1. The number of aromatic nitrogens is 5. The molecule has 33 heteroatoms. The van der Waals surface area contributed by atoms with Gasteiger partial charge in [-0.05, 0) is 166 Å². The zero-order chi connectivity index (χ0) is 77.3. The van der Waals surface area contributed by atoms with Gasteiger partial charge in [0, 0.05) is 155 Å². The minimum Gasteiger partial charge on any atom is -0.444 e. The number of hydrogen-bond acceptors (Lipinski definition) is 27. The highest BCUT2D eigenvalue weighted by Gasteiger charge is 2.36. The first-order chi connectivity index (χ1) is 50.3. The number of nitrogens with one attached hydrogen (secondary N) is 4. The number of benzene rings is 4. The SMILES string of the molecule is CC(C)(C)OC(=O)N1CCN(c2ccc(N)cc2)C[C@@H]1CO.CC(C)(C)OC(=O)N1CCN(c2ccc([N+](=O)[O-])cc2)C[C@@H]1CO.CC(C)(C)OC(=O)N1CCNC[C@@H]1CO.Cc1cccc(-c2nccc(Nc3ccnc(Nc4ccc(N5CCN[C@@H](CO)C5)cc4)n3)n2)n1.O=[N+]([O-])c1ccc(F)cc1. The van der Waals surface area contributed by atoms with Crippen molar-refractivity contribution in [3.05, 3.63) is 172 Å². The predicted octanol–water partition coefficient (Wildman–Crippen LogP) is 8.52. The lowest BCUT2D eigenvalue weighted by Crippen LogP contribution is -2.57. The summed E-state index contributed by atoms with van der Waals surface area (Å²) in [4.78, 5) is 89.3. The van der Waals surface area contributed by atoms with E-state index in [0.717, 1.165) is 90.3 Å². The van der Waals surface area contributed by atoms with Crippen molar-refractivity contribution in [2.45, 2.75) is 110 Å². The molecule has 572 valence electrons. The van der Waals surface area contributed by atoms with Gasteiger partial charge in [-0.3, -0.25) is 30.0 Å². The lowest BCUT2D eigenvalue weighted by molar-refractivity contribution is -0.385. The number of carbonyl (C=O) groups excluding carboxylic acids is 3. The summed E-state index contributed by atoms with van der Waals surface area (Å²) < 4.78 is 28.2. The van der Waals surface area contributed by atoms with Crippen LogP contribution >= 0.6 is 0 Å². The Morgan fingerprint density at radius 2 is 1.01 bits per heavy atom. The highest BCUT2D eigenvalue weighted by Crippen LogP contribution is 2.28. The van der Waals surface area contributed by atoms with Crippen LogP contribution in [0.3, 0.4) is 0 Å². The number of carbonyl (C=O) groups is 3. The van der Waals surface area contributed by atoms with Crippen LogP contribution in [-0.4, -0.2) is 234 Å². The first kappa shape index (κ1) is 82.6. The number of aliphatic hydroxyl groups excluding tert-OH is 4. The Morgan fingerprint density at radius 3 is 1.49 bits per heavy atom. The molecular formula is C73H99FN18O14. The zero-order valence-electron chi connectivity index (χ0n) is 61.5. The predicted molar refractivity (Wildman–Crippen MR) is 402 cm³/mol. The lowest BCUT2D eigenvalue weighted by Gasteiger charge is -2.42. The maximum Gasteiger partial charge on any atom is 0.410 e. The number of anilines is 8. The maximum atomic E-state index is 12.2. The smallest absolute Gasteiger partial charge is 0.410 e. The number of hydrogen-bond donors (Lipinski definition) is 9. The number of amides is 3. The summed E-state index contributed by atoms with van der Waals surface area (Å²) in [6.07, 6.45) is 2.22. The molecule has 7 aromatic rings. The van der Waals surface area contributed by atoms with Crippen molar-refractivity contribution in [2.24, 2.45) is 0 Å². The van der Waals surface area contributed by atoms with Gasteiger partial charge in [-0.1, -0.05) is 6.07 Å². The molecule has 4 aliphatic heterocycles. The number of nitrogens with two attached hydrogens (primary N) is 1. The van der Waals surface area contributed by atoms with E-state index in [4.69, 9.17) is 25.1 Å². The maximum absolute atomic E-state index is 12.2. The Kier molecular flexibility index (Phi) is 30.3. The number of nitro benzene ring substituents is 2. The van der Waals surface area contributed by atoms with Gasteiger partial charge in [-0.2, -0.15) is 4.98 Å². The van der Waals surface area contributed by atoms with Crippen molar-refractivity contribution in [3.63, 3.8) is 0 Å². The first-order valence-corrected chi connectivity index (χ1v) is 34.7. The van der Waals surface area contributed by atoms with E-state index in [1.807, 2.05) is 108 Å². The van der Waals surface area contributed by atoms with Crippen LogP contribution in [0, 0.1) is 33.0 Å². The molecule has 32 nitrogen and oxygen atoms in total. The molecule has 4 aromatic carbocycles. The van der Waals surface area contributed by atoms with Crippen LogP contribution in [0.25, 0.3) is 11.5 Å². The number of aliphatic hydroxyl groups is 4. The molecule has 3 aromatic heterocycles. The van der Waals surface area contributed by atoms with Gasteiger partial charge in [0.05, 0.1) is 54.4 Å². The number of nitro groups is 2. The molecule has 0 bridgehead atoms. The number of halogens is 1. The molecule has 4 atom stereocenters. The van der Waals surface area contributed by atoms with E-state index in [-0.39, 0.29) is 74.2 Å². The van der Waals surface area contributed by atoms with Crippen molar-refractivity contribution in [1.29, 1.82) is 0 Å². The van der Waals surface area contributed by atoms with Gasteiger partial charge in [0.15, 0.2) is 5.82 Å². The summed E-state index contributed by atoms with van der Waals surface area (Å²) in [7, 11) is 0. The molecule has 0 saturated carbocycles. The highest BCUT2D eigenvalue weighted by atomic mass is 19.1. The number of pyridine rings is 1. The molecule has 7 heterocycles. The van der Waals surface area contributed by atoms with Crippen molar-refractivity contribution in [1.82, 2.24) is 50.3 Å². The Hall–Kier alpha value is -10.7. The summed E-state index contributed by atoms with van der Waals surface area (Å²) in [6, 6.07) is 34.9. The topological polar surface area (TPSA) is 404 Å². The average Bonchev–Trinajstić information content (AvgIpc) is 0.824. The van der Waals surface area contributed by atoms with Crippen molar-refractivity contribution >= 4 is 75.7 Å². The third-order valence-corrected chi connectivity index (χ3v) is 16.2. The number of aryl methyl sites for hydroxylation is 1. The summed E-state index contributed by atoms with van der Waals surface area (Å²) in [5, 5.41) is 71.4. The Bertz CT molecular complexity index is 3950. The van der Waals surface area contributed by atoms with Crippen LogP contribution in [0.5, 0.6) is 0 Å². The molecule has 0 unspecified atom stereocenters. The minimum absolute atomic E-state index is 0.0323. The highest BCUT2D eigenvalue weighted by molar-refractivity contribution is 5.71. The Morgan fingerprint density at radius 1 is 0.547 bits per heavy atom. The van der Waals surface area contributed by atoms with Crippen LogP contribution in [-0.2, 0) is 14.2 Å². The second kappa shape index (κ2) is 38.9. The van der Waals surface area contributed by atoms with E-state index in [1.54, 1.807) is 67.2 Å². The van der Waals surface area contributed by atoms with Crippen molar-refractivity contribution in [2.75, 3.05) is 136 Å². The van der Waals surface area contributed by atoms with Gasteiger partial charge in [-0.15, -0.1) is 0 Å². The Balaban J connectivity index is 0.000000196. The standard InChI is InChI=1S/C25H27N9O.C16H23N3O5.C16H25N3O3.C10H20N2O3.C6H4FNO2/c1-17-3-2-4-21(29-17)24-27-11-9-22(32-24)31-23-10-12-28-25(33-23)30-18-5-7-20(8-6-18)34-14-13-26-19(15-34)16-35;1-16(2,3)24-15(21)18-9-8-17(10-14(18)11-20)12-4-6-13(7-5-12)19(22)23;1-16(2,3)22-15(21)19-9-8-18(10-14(19)11-20)13-6-4-12(17)5-7-13;1-10(2,3)15-9(14)12-5-4-11-6-8(12)7-13;7-5-1-3-6(4-2-5)8(9)10/h2-12,19,26,35H,13-16H2,1H3,(H2,27,28,30,31,32,33);4-7,14,20H,8-11H2,1-3H3;4-7,14,20H,8-11,17H2,1-3H3;8,11,13H,4-7H2,1-3H3;1-4H/t19-;2*14-;8-;/m1111./s1. The van der Waals surface area contributed by atoms with E-state index in [0.29, 0.717) is 75.8 Å². The van der Waals surface area contributed by atoms with Gasteiger partial charge in [-0.25, -0.2) is 38.7 Å². The fourth-order valence-corrected chi connectivity index (χ4v) is 11.0. The molecule has 11 rings (SSSR count). The molecule has 0 radical (unpaired) electrons. The largest absolute Gasteiger partial charge is 0.444 e.